The van der Waals surface area contributed by atoms with Gasteiger partial charge in [0.25, 0.3) is 0 Å². The molecule has 0 aliphatic carbocycles. The minimum Gasteiger partial charge on any atom is -0.315 e. The van der Waals surface area contributed by atoms with Crippen LogP contribution in [0.1, 0.15) is 49.4 Å². The van der Waals surface area contributed by atoms with Crippen molar-refractivity contribution in [3.8, 4) is 0 Å². The highest BCUT2D eigenvalue weighted by atomic mass is 15.5. The van der Waals surface area contributed by atoms with E-state index in [0.717, 1.165) is 22.8 Å². The van der Waals surface area contributed by atoms with Crippen molar-refractivity contribution in [3.63, 3.8) is 0 Å². The second kappa shape index (κ2) is 8.95. The van der Waals surface area contributed by atoms with Crippen molar-refractivity contribution in [1.29, 1.82) is 0 Å². The lowest BCUT2D eigenvalue weighted by Crippen LogP contribution is -2.40. The molecule has 1 aliphatic heterocycles. The number of amidine groups is 1. The highest BCUT2D eigenvalue weighted by Gasteiger charge is 2.34. The number of hydrazone groups is 1. The number of para-hydroxylation sites is 2. The molecule has 4 aromatic rings. The molecule has 0 spiro atoms. The molecule has 1 aliphatic rings. The minimum absolute atomic E-state index is 0.113. The Kier molecular flexibility index (Phi) is 5.70. The molecule has 1 atom stereocenters. The van der Waals surface area contributed by atoms with Gasteiger partial charge in [0.2, 0.25) is 0 Å². The summed E-state index contributed by atoms with van der Waals surface area (Å²) in [6.45, 7) is 6.80. The van der Waals surface area contributed by atoms with E-state index in [-0.39, 0.29) is 6.04 Å². The third-order valence-corrected chi connectivity index (χ3v) is 6.26. The molecule has 0 saturated heterocycles. The summed E-state index contributed by atoms with van der Waals surface area (Å²) in [5.41, 5.74) is 7.07. The van der Waals surface area contributed by atoms with Crippen molar-refractivity contribution < 1.29 is 0 Å². The largest absolute Gasteiger partial charge is 0.315 e. The molecular formula is C30H29N3. The SMILES string of the molecule is CC(C)c1cccc2c1N(C(C)c1ccccc1)C(c1ccccc1)=NN2c1ccccc1. The lowest BCUT2D eigenvalue weighted by atomic mass is 9.95. The Morgan fingerprint density at radius 1 is 0.636 bits per heavy atom. The standard InChI is InChI=1S/C30H29N3/c1-22(2)27-20-13-21-28-29(27)32(23(3)24-14-7-4-8-15-24)30(25-16-9-5-10-17-25)31-33(28)26-18-11-6-12-19-26/h4-23H,1-3H3. The Morgan fingerprint density at radius 2 is 1.24 bits per heavy atom. The van der Waals surface area contributed by atoms with Crippen LogP contribution in [-0.2, 0) is 0 Å². The van der Waals surface area contributed by atoms with Gasteiger partial charge in [-0.05, 0) is 42.2 Å². The summed E-state index contributed by atoms with van der Waals surface area (Å²) < 4.78 is 0. The average Bonchev–Trinajstić information content (AvgIpc) is 2.88. The zero-order chi connectivity index (χ0) is 22.8. The first kappa shape index (κ1) is 21.0. The van der Waals surface area contributed by atoms with Crippen molar-refractivity contribution >= 4 is 22.9 Å². The number of rotatable bonds is 5. The van der Waals surface area contributed by atoms with Crippen molar-refractivity contribution in [1.82, 2.24) is 0 Å². The Balaban J connectivity index is 1.80. The molecule has 0 fully saturated rings. The summed E-state index contributed by atoms with van der Waals surface area (Å²) in [5, 5.41) is 7.36. The van der Waals surface area contributed by atoms with Crippen LogP contribution in [0.3, 0.4) is 0 Å². The van der Waals surface area contributed by atoms with Gasteiger partial charge in [0.1, 0.15) is 0 Å². The van der Waals surface area contributed by atoms with Crippen LogP contribution in [-0.4, -0.2) is 5.84 Å². The summed E-state index contributed by atoms with van der Waals surface area (Å²) in [4.78, 5) is 2.43. The van der Waals surface area contributed by atoms with Gasteiger partial charge >= 0.3 is 0 Å². The predicted octanol–water partition coefficient (Wildman–Crippen LogP) is 7.89. The Morgan fingerprint density at radius 3 is 1.88 bits per heavy atom. The number of hydrogen-bond donors (Lipinski definition) is 0. The van der Waals surface area contributed by atoms with Gasteiger partial charge in [-0.15, -0.1) is 5.10 Å². The molecule has 0 saturated carbocycles. The van der Waals surface area contributed by atoms with Gasteiger partial charge in [-0.25, -0.2) is 5.01 Å². The number of fused-ring (bicyclic) bond motifs is 1. The lowest BCUT2D eigenvalue weighted by molar-refractivity contribution is 0.761. The van der Waals surface area contributed by atoms with E-state index in [0.29, 0.717) is 5.92 Å². The molecule has 3 nitrogen and oxygen atoms in total. The van der Waals surface area contributed by atoms with Crippen LogP contribution in [0.15, 0.2) is 114 Å². The first-order valence-electron chi connectivity index (χ1n) is 11.6. The van der Waals surface area contributed by atoms with Gasteiger partial charge in [-0.3, -0.25) is 0 Å². The molecule has 0 amide bonds. The quantitative estimate of drug-likeness (QED) is 0.320. The third kappa shape index (κ3) is 3.91. The Labute approximate surface area is 196 Å². The van der Waals surface area contributed by atoms with E-state index in [1.807, 2.05) is 6.07 Å². The maximum Gasteiger partial charge on any atom is 0.161 e. The first-order valence-corrected chi connectivity index (χ1v) is 11.6. The topological polar surface area (TPSA) is 18.8 Å². The van der Waals surface area contributed by atoms with E-state index >= 15 is 0 Å². The molecule has 33 heavy (non-hydrogen) atoms. The van der Waals surface area contributed by atoms with Crippen LogP contribution in [0.5, 0.6) is 0 Å². The molecule has 4 aromatic carbocycles. The highest BCUT2D eigenvalue weighted by Crippen LogP contribution is 2.46. The van der Waals surface area contributed by atoms with E-state index in [1.54, 1.807) is 0 Å². The van der Waals surface area contributed by atoms with Crippen LogP contribution in [0.2, 0.25) is 0 Å². The van der Waals surface area contributed by atoms with Crippen LogP contribution in [0, 0.1) is 0 Å². The van der Waals surface area contributed by atoms with E-state index in [9.17, 15) is 0 Å². The van der Waals surface area contributed by atoms with Crippen molar-refractivity contribution in [2.75, 3.05) is 9.91 Å². The molecular weight excluding hydrogens is 402 g/mol. The molecule has 0 bridgehead atoms. The van der Waals surface area contributed by atoms with E-state index < -0.39 is 0 Å². The molecule has 1 unspecified atom stereocenters. The fourth-order valence-corrected chi connectivity index (χ4v) is 4.56. The molecule has 0 radical (unpaired) electrons. The van der Waals surface area contributed by atoms with Gasteiger partial charge in [-0.2, -0.15) is 0 Å². The van der Waals surface area contributed by atoms with Gasteiger partial charge in [-0.1, -0.05) is 105 Å². The van der Waals surface area contributed by atoms with Crippen molar-refractivity contribution in [3.05, 3.63) is 126 Å². The van der Waals surface area contributed by atoms with Gasteiger partial charge in [0.15, 0.2) is 5.84 Å². The van der Waals surface area contributed by atoms with E-state index in [4.69, 9.17) is 5.10 Å². The second-order valence-electron chi connectivity index (χ2n) is 8.76. The number of nitrogens with zero attached hydrogens (tertiary/aromatic N) is 3. The second-order valence-corrected chi connectivity index (χ2v) is 8.76. The monoisotopic (exact) mass is 431 g/mol. The summed E-state index contributed by atoms with van der Waals surface area (Å²) in [6, 6.07) is 38.3. The third-order valence-electron chi connectivity index (χ3n) is 6.26. The summed E-state index contributed by atoms with van der Waals surface area (Å²) in [5.74, 6) is 1.33. The Bertz CT molecular complexity index is 1250. The summed E-state index contributed by atoms with van der Waals surface area (Å²) in [7, 11) is 0. The summed E-state index contributed by atoms with van der Waals surface area (Å²) >= 11 is 0. The van der Waals surface area contributed by atoms with Crippen molar-refractivity contribution in [2.45, 2.75) is 32.7 Å². The normalized spacial score (nSPS) is 14.1. The highest BCUT2D eigenvalue weighted by molar-refractivity contribution is 6.15. The van der Waals surface area contributed by atoms with Crippen LogP contribution < -0.4 is 9.91 Å². The first-order chi connectivity index (χ1) is 16.1. The zero-order valence-electron chi connectivity index (χ0n) is 19.4. The van der Waals surface area contributed by atoms with Crippen LogP contribution in [0.25, 0.3) is 0 Å². The number of hydrogen-bond acceptors (Lipinski definition) is 3. The van der Waals surface area contributed by atoms with Gasteiger partial charge in [0, 0.05) is 5.56 Å². The molecule has 0 aromatic heterocycles. The smallest absolute Gasteiger partial charge is 0.161 e. The predicted molar refractivity (Wildman–Crippen MR) is 139 cm³/mol. The lowest BCUT2D eigenvalue weighted by Gasteiger charge is -2.41. The average molecular weight is 432 g/mol. The van der Waals surface area contributed by atoms with Gasteiger partial charge < -0.3 is 4.90 Å². The molecule has 3 heteroatoms. The minimum atomic E-state index is 0.113. The Hall–Kier alpha value is -3.85. The number of benzene rings is 4. The fraction of sp³-hybridized carbons (Fsp3) is 0.167. The zero-order valence-corrected chi connectivity index (χ0v) is 19.4. The molecule has 164 valence electrons. The van der Waals surface area contributed by atoms with E-state index in [1.165, 1.54) is 16.8 Å². The summed E-state index contributed by atoms with van der Waals surface area (Å²) in [6.07, 6.45) is 0. The van der Waals surface area contributed by atoms with E-state index in [2.05, 4.69) is 134 Å². The maximum atomic E-state index is 5.27. The fourth-order valence-electron chi connectivity index (χ4n) is 4.56. The molecule has 1 heterocycles. The maximum absolute atomic E-state index is 5.27. The number of anilines is 3. The van der Waals surface area contributed by atoms with Crippen LogP contribution >= 0.6 is 0 Å². The van der Waals surface area contributed by atoms with Crippen LogP contribution in [0.4, 0.5) is 17.1 Å². The molecule has 0 N–H and O–H groups in total. The van der Waals surface area contributed by atoms with Crippen molar-refractivity contribution in [2.24, 2.45) is 5.10 Å². The molecule has 5 rings (SSSR count). The van der Waals surface area contributed by atoms with Gasteiger partial charge in [0.05, 0.1) is 23.1 Å².